The third kappa shape index (κ3) is 2.28. The zero-order valence-electron chi connectivity index (χ0n) is 9.20. The summed E-state index contributed by atoms with van der Waals surface area (Å²) in [5.41, 5.74) is 4.13. The highest BCUT2D eigenvalue weighted by Gasteiger charge is 1.95. The summed E-state index contributed by atoms with van der Waals surface area (Å²) in [6.45, 7) is 8.01. The molecule has 0 radical (unpaired) electrons. The SMILES string of the molecule is CC.Cc1ccc2nc(C)cnc2c1. The second-order valence-electron chi connectivity index (χ2n) is 3.00. The van der Waals surface area contributed by atoms with Crippen molar-refractivity contribution in [2.75, 3.05) is 0 Å². The molecule has 2 nitrogen and oxygen atoms in total. The second kappa shape index (κ2) is 4.70. The molecule has 0 saturated carbocycles. The first-order chi connectivity index (χ1) is 6.75. The van der Waals surface area contributed by atoms with E-state index >= 15 is 0 Å². The Morgan fingerprint density at radius 2 is 1.71 bits per heavy atom. The van der Waals surface area contributed by atoms with Crippen LogP contribution in [-0.4, -0.2) is 9.97 Å². The van der Waals surface area contributed by atoms with Crippen LogP contribution in [0, 0.1) is 13.8 Å². The number of nitrogens with zero attached hydrogens (tertiary/aromatic N) is 2. The lowest BCUT2D eigenvalue weighted by atomic mass is 10.2. The monoisotopic (exact) mass is 188 g/mol. The van der Waals surface area contributed by atoms with E-state index in [0.717, 1.165) is 16.7 Å². The molecule has 0 bridgehead atoms. The zero-order valence-corrected chi connectivity index (χ0v) is 9.20. The normalized spacial score (nSPS) is 9.43. The second-order valence-corrected chi connectivity index (χ2v) is 3.00. The smallest absolute Gasteiger partial charge is 0.0890 e. The van der Waals surface area contributed by atoms with Gasteiger partial charge in [0.1, 0.15) is 0 Å². The Morgan fingerprint density at radius 1 is 1.00 bits per heavy atom. The van der Waals surface area contributed by atoms with Crippen molar-refractivity contribution < 1.29 is 0 Å². The van der Waals surface area contributed by atoms with E-state index in [1.807, 2.05) is 32.9 Å². The summed E-state index contributed by atoms with van der Waals surface area (Å²) in [6, 6.07) is 6.10. The van der Waals surface area contributed by atoms with Crippen LogP contribution < -0.4 is 0 Å². The molecule has 1 heterocycles. The molecule has 74 valence electrons. The predicted molar refractivity (Wildman–Crippen MR) is 60.4 cm³/mol. The van der Waals surface area contributed by atoms with E-state index in [1.54, 1.807) is 6.20 Å². The van der Waals surface area contributed by atoms with Crippen molar-refractivity contribution in [2.24, 2.45) is 0 Å². The van der Waals surface area contributed by atoms with Gasteiger partial charge in [0, 0.05) is 6.20 Å². The van der Waals surface area contributed by atoms with Crippen molar-refractivity contribution in [2.45, 2.75) is 27.7 Å². The fourth-order valence-corrected chi connectivity index (χ4v) is 1.21. The van der Waals surface area contributed by atoms with Crippen LogP contribution in [0.15, 0.2) is 24.4 Å². The van der Waals surface area contributed by atoms with Crippen molar-refractivity contribution in [3.63, 3.8) is 0 Å². The average molecular weight is 188 g/mol. The molecule has 1 aromatic heterocycles. The minimum absolute atomic E-state index is 0.964. The highest BCUT2D eigenvalue weighted by Crippen LogP contribution is 2.10. The maximum absolute atomic E-state index is 4.35. The van der Waals surface area contributed by atoms with E-state index in [9.17, 15) is 0 Å². The number of fused-ring (bicyclic) bond motifs is 1. The first-order valence-electron chi connectivity index (χ1n) is 4.96. The van der Waals surface area contributed by atoms with E-state index in [1.165, 1.54) is 5.56 Å². The lowest BCUT2D eigenvalue weighted by molar-refractivity contribution is 1.18. The van der Waals surface area contributed by atoms with Crippen LogP contribution in [-0.2, 0) is 0 Å². The first kappa shape index (κ1) is 10.6. The van der Waals surface area contributed by atoms with Crippen molar-refractivity contribution in [1.29, 1.82) is 0 Å². The van der Waals surface area contributed by atoms with E-state index in [2.05, 4.69) is 23.0 Å². The number of aryl methyl sites for hydroxylation is 2. The predicted octanol–water partition coefficient (Wildman–Crippen LogP) is 3.27. The molecule has 0 aliphatic heterocycles. The molecule has 2 heteroatoms. The largest absolute Gasteiger partial charge is 0.253 e. The standard InChI is InChI=1S/C10H10N2.C2H6/c1-7-3-4-9-10(5-7)11-6-8(2)12-9;1-2/h3-6H,1-2H3;1-2H3. The summed E-state index contributed by atoms with van der Waals surface area (Å²) in [4.78, 5) is 8.63. The van der Waals surface area contributed by atoms with Crippen molar-refractivity contribution in [1.82, 2.24) is 9.97 Å². The fraction of sp³-hybridized carbons (Fsp3) is 0.333. The Morgan fingerprint density at radius 3 is 2.43 bits per heavy atom. The Balaban J connectivity index is 0.000000461. The molecule has 0 amide bonds. The molecule has 0 unspecified atom stereocenters. The van der Waals surface area contributed by atoms with E-state index in [4.69, 9.17) is 0 Å². The number of hydrogen-bond acceptors (Lipinski definition) is 2. The summed E-state index contributed by atoms with van der Waals surface area (Å²) in [6.07, 6.45) is 1.79. The summed E-state index contributed by atoms with van der Waals surface area (Å²) in [7, 11) is 0. The van der Waals surface area contributed by atoms with E-state index in [0.29, 0.717) is 0 Å². The van der Waals surface area contributed by atoms with Crippen LogP contribution >= 0.6 is 0 Å². The molecule has 0 atom stereocenters. The highest BCUT2D eigenvalue weighted by molar-refractivity contribution is 5.74. The fourth-order valence-electron chi connectivity index (χ4n) is 1.21. The quantitative estimate of drug-likeness (QED) is 0.634. The number of hydrogen-bond donors (Lipinski definition) is 0. The Labute approximate surface area is 85.0 Å². The minimum Gasteiger partial charge on any atom is -0.253 e. The van der Waals surface area contributed by atoms with Gasteiger partial charge >= 0.3 is 0 Å². The van der Waals surface area contributed by atoms with Gasteiger partial charge in [0.2, 0.25) is 0 Å². The third-order valence-electron chi connectivity index (χ3n) is 1.82. The minimum atomic E-state index is 0.964. The van der Waals surface area contributed by atoms with Crippen LogP contribution in [0.3, 0.4) is 0 Å². The Hall–Kier alpha value is -1.44. The van der Waals surface area contributed by atoms with Crippen LogP contribution in [0.2, 0.25) is 0 Å². The number of aromatic nitrogens is 2. The summed E-state index contributed by atoms with van der Waals surface area (Å²) in [5.74, 6) is 0. The maximum atomic E-state index is 4.35. The van der Waals surface area contributed by atoms with Gasteiger partial charge in [-0.3, -0.25) is 4.98 Å². The highest BCUT2D eigenvalue weighted by atomic mass is 14.8. The van der Waals surface area contributed by atoms with E-state index in [-0.39, 0.29) is 0 Å². The van der Waals surface area contributed by atoms with Crippen LogP contribution in [0.25, 0.3) is 11.0 Å². The molecular formula is C12H16N2. The Bertz CT molecular complexity index is 380. The topological polar surface area (TPSA) is 25.8 Å². The maximum Gasteiger partial charge on any atom is 0.0890 e. The zero-order chi connectivity index (χ0) is 10.6. The number of benzene rings is 1. The average Bonchev–Trinajstić information content (AvgIpc) is 2.21. The molecule has 1 aromatic carbocycles. The molecule has 2 aromatic rings. The van der Waals surface area contributed by atoms with Gasteiger partial charge in [0.15, 0.2) is 0 Å². The van der Waals surface area contributed by atoms with Gasteiger partial charge in [-0.2, -0.15) is 0 Å². The lowest BCUT2D eigenvalue weighted by Gasteiger charge is -1.98. The van der Waals surface area contributed by atoms with Crippen molar-refractivity contribution in [3.05, 3.63) is 35.7 Å². The lowest BCUT2D eigenvalue weighted by Crippen LogP contribution is -1.86. The van der Waals surface area contributed by atoms with Gasteiger partial charge in [-0.05, 0) is 31.5 Å². The molecule has 0 saturated heterocycles. The molecule has 0 aliphatic rings. The molecule has 0 N–H and O–H groups in total. The first-order valence-corrected chi connectivity index (χ1v) is 4.96. The third-order valence-corrected chi connectivity index (χ3v) is 1.82. The molecule has 0 fully saturated rings. The van der Waals surface area contributed by atoms with Gasteiger partial charge < -0.3 is 0 Å². The van der Waals surface area contributed by atoms with Crippen LogP contribution in [0.4, 0.5) is 0 Å². The molecule has 0 spiro atoms. The molecule has 14 heavy (non-hydrogen) atoms. The van der Waals surface area contributed by atoms with Crippen molar-refractivity contribution >= 4 is 11.0 Å². The summed E-state index contributed by atoms with van der Waals surface area (Å²) in [5, 5.41) is 0. The summed E-state index contributed by atoms with van der Waals surface area (Å²) < 4.78 is 0. The van der Waals surface area contributed by atoms with Gasteiger partial charge in [0.25, 0.3) is 0 Å². The molecule has 0 aliphatic carbocycles. The number of rotatable bonds is 0. The van der Waals surface area contributed by atoms with Crippen LogP contribution in [0.1, 0.15) is 25.1 Å². The van der Waals surface area contributed by atoms with Gasteiger partial charge in [-0.15, -0.1) is 0 Å². The van der Waals surface area contributed by atoms with Gasteiger partial charge in [-0.25, -0.2) is 4.98 Å². The van der Waals surface area contributed by atoms with E-state index < -0.39 is 0 Å². The van der Waals surface area contributed by atoms with Gasteiger partial charge in [-0.1, -0.05) is 19.9 Å². The Kier molecular flexibility index (Phi) is 3.57. The molecule has 2 rings (SSSR count). The van der Waals surface area contributed by atoms with Gasteiger partial charge in [0.05, 0.1) is 16.7 Å². The molecular weight excluding hydrogens is 172 g/mol. The van der Waals surface area contributed by atoms with Crippen molar-refractivity contribution in [3.8, 4) is 0 Å². The summed E-state index contributed by atoms with van der Waals surface area (Å²) >= 11 is 0. The van der Waals surface area contributed by atoms with Crippen LogP contribution in [0.5, 0.6) is 0 Å².